The molecule has 1 aromatic heterocycles. The molecule has 1 amide bonds. The van der Waals surface area contributed by atoms with Gasteiger partial charge in [-0.1, -0.05) is 6.07 Å². The molecule has 4 rings (SSSR count). The zero-order valence-corrected chi connectivity index (χ0v) is 22.8. The number of anilines is 2. The van der Waals surface area contributed by atoms with Crippen LogP contribution in [0.4, 0.5) is 24.7 Å². The van der Waals surface area contributed by atoms with Crippen LogP contribution >= 0.6 is 0 Å². The predicted octanol–water partition coefficient (Wildman–Crippen LogP) is 4.27. The lowest BCUT2D eigenvalue weighted by molar-refractivity contribution is -0.137. The van der Waals surface area contributed by atoms with Crippen LogP contribution in [0.5, 0.6) is 0 Å². The van der Waals surface area contributed by atoms with Gasteiger partial charge in [0.2, 0.25) is 0 Å². The van der Waals surface area contributed by atoms with E-state index in [1.807, 2.05) is 4.90 Å². The lowest BCUT2D eigenvalue weighted by Crippen LogP contribution is -2.35. The molecule has 39 heavy (non-hydrogen) atoms. The maximum absolute atomic E-state index is 13.1. The van der Waals surface area contributed by atoms with Crippen molar-refractivity contribution in [3.8, 4) is 0 Å². The van der Waals surface area contributed by atoms with E-state index in [4.69, 9.17) is 0 Å². The second-order valence-corrected chi connectivity index (χ2v) is 12.7. The van der Waals surface area contributed by atoms with E-state index < -0.39 is 27.5 Å². The number of nitrogens with one attached hydrogen (secondary N) is 1. The van der Waals surface area contributed by atoms with Crippen LogP contribution in [0, 0.1) is 11.8 Å². The molecule has 0 aliphatic carbocycles. The Hall–Kier alpha value is -2.99. The Morgan fingerprint density at radius 3 is 2.33 bits per heavy atom. The first-order valence-corrected chi connectivity index (χ1v) is 14.8. The Balaban J connectivity index is 1.46. The molecular formula is C27H33F3N4O4S. The molecule has 1 N–H and O–H groups in total. The predicted molar refractivity (Wildman–Crippen MR) is 142 cm³/mol. The van der Waals surface area contributed by atoms with Crippen LogP contribution in [0.1, 0.15) is 48.0 Å². The number of benzene rings is 1. The Morgan fingerprint density at radius 1 is 1.05 bits per heavy atom. The first-order valence-electron chi connectivity index (χ1n) is 12.9. The van der Waals surface area contributed by atoms with Gasteiger partial charge in [-0.3, -0.25) is 9.59 Å². The molecule has 0 saturated carbocycles. The molecule has 12 heteroatoms. The summed E-state index contributed by atoms with van der Waals surface area (Å²) in [6.45, 7) is 3.06. The standard InChI is InChI=1S/C27H33F3N4O4S/c1-33-9-6-19(17-33)13-22(35)12-18-7-10-34(11-8-18)25-24(15-23(16-31-25)39(2,37)38)32-26(36)20-4-3-5-21(14-20)27(28,29)30/h3-5,14-16,18-19H,6-13,17H2,1-2H3,(H,32,36)/t19-/m0/s1. The number of pyridine rings is 1. The minimum Gasteiger partial charge on any atom is -0.355 e. The summed E-state index contributed by atoms with van der Waals surface area (Å²) in [4.78, 5) is 33.9. The summed E-state index contributed by atoms with van der Waals surface area (Å²) < 4.78 is 63.7. The third-order valence-corrected chi connectivity index (χ3v) is 8.49. The smallest absolute Gasteiger partial charge is 0.355 e. The van der Waals surface area contributed by atoms with Crippen LogP contribution in [0.3, 0.4) is 0 Å². The molecule has 2 fully saturated rings. The van der Waals surface area contributed by atoms with Gasteiger partial charge in [0.1, 0.15) is 5.78 Å². The number of nitrogens with zero attached hydrogens (tertiary/aromatic N) is 3. The molecule has 2 aliphatic heterocycles. The van der Waals surface area contributed by atoms with Crippen LogP contribution in [0.2, 0.25) is 0 Å². The largest absolute Gasteiger partial charge is 0.416 e. The highest BCUT2D eigenvalue weighted by molar-refractivity contribution is 7.90. The van der Waals surface area contributed by atoms with Gasteiger partial charge in [0.15, 0.2) is 15.7 Å². The molecule has 1 atom stereocenters. The molecule has 3 heterocycles. The highest BCUT2D eigenvalue weighted by Gasteiger charge is 2.31. The number of rotatable bonds is 8. The number of Topliss-reactive ketones (excluding diaryl/α,β-unsaturated/α-hetero) is 1. The number of likely N-dealkylation sites (tertiary alicyclic amines) is 1. The third-order valence-electron chi connectivity index (χ3n) is 7.41. The van der Waals surface area contributed by atoms with Crippen molar-refractivity contribution in [3.05, 3.63) is 47.7 Å². The van der Waals surface area contributed by atoms with E-state index in [-0.39, 0.29) is 27.8 Å². The molecule has 8 nitrogen and oxygen atoms in total. The van der Waals surface area contributed by atoms with E-state index in [0.717, 1.165) is 56.8 Å². The second-order valence-electron chi connectivity index (χ2n) is 10.6. The van der Waals surface area contributed by atoms with Gasteiger partial charge in [0, 0.05) is 50.5 Å². The van der Waals surface area contributed by atoms with Crippen molar-refractivity contribution in [3.63, 3.8) is 0 Å². The van der Waals surface area contributed by atoms with E-state index in [9.17, 15) is 31.2 Å². The number of aromatic nitrogens is 1. The topological polar surface area (TPSA) is 99.7 Å². The fourth-order valence-corrected chi connectivity index (χ4v) is 5.86. The molecule has 0 radical (unpaired) electrons. The van der Waals surface area contributed by atoms with Gasteiger partial charge >= 0.3 is 6.18 Å². The fraction of sp³-hybridized carbons (Fsp3) is 0.519. The monoisotopic (exact) mass is 566 g/mol. The van der Waals surface area contributed by atoms with Crippen LogP contribution in [-0.4, -0.2) is 69.5 Å². The molecule has 1 aromatic carbocycles. The average Bonchev–Trinajstić information content (AvgIpc) is 3.27. The zero-order valence-electron chi connectivity index (χ0n) is 22.0. The first-order chi connectivity index (χ1) is 18.3. The molecule has 0 spiro atoms. The number of ketones is 1. The Labute approximate surface area is 226 Å². The number of alkyl halides is 3. The second kappa shape index (κ2) is 11.6. The summed E-state index contributed by atoms with van der Waals surface area (Å²) in [5, 5.41) is 2.57. The Bertz CT molecular complexity index is 1320. The van der Waals surface area contributed by atoms with Crippen LogP contribution in [0.25, 0.3) is 0 Å². The van der Waals surface area contributed by atoms with Crippen LogP contribution in [0.15, 0.2) is 41.4 Å². The van der Waals surface area contributed by atoms with E-state index in [0.29, 0.717) is 37.7 Å². The van der Waals surface area contributed by atoms with Gasteiger partial charge in [-0.2, -0.15) is 13.2 Å². The first kappa shape index (κ1) is 29.0. The summed E-state index contributed by atoms with van der Waals surface area (Å²) in [5.41, 5.74) is -1.08. The number of amides is 1. The maximum Gasteiger partial charge on any atom is 0.416 e. The van der Waals surface area contributed by atoms with Crippen LogP contribution < -0.4 is 10.2 Å². The minimum atomic E-state index is -4.61. The van der Waals surface area contributed by atoms with Gasteiger partial charge in [-0.25, -0.2) is 13.4 Å². The van der Waals surface area contributed by atoms with Crippen molar-refractivity contribution < 1.29 is 31.2 Å². The van der Waals surface area contributed by atoms with Crippen molar-refractivity contribution in [2.24, 2.45) is 11.8 Å². The Morgan fingerprint density at radius 2 is 1.72 bits per heavy atom. The zero-order chi connectivity index (χ0) is 28.4. The summed E-state index contributed by atoms with van der Waals surface area (Å²) in [7, 11) is -1.59. The molecular weight excluding hydrogens is 533 g/mol. The summed E-state index contributed by atoms with van der Waals surface area (Å²) in [6.07, 6.45) is 1.23. The van der Waals surface area contributed by atoms with Gasteiger partial charge in [0.05, 0.1) is 16.1 Å². The van der Waals surface area contributed by atoms with Crippen molar-refractivity contribution in [2.75, 3.05) is 49.7 Å². The molecule has 2 aliphatic rings. The van der Waals surface area contributed by atoms with Gasteiger partial charge in [-0.15, -0.1) is 0 Å². The van der Waals surface area contributed by atoms with Crippen LogP contribution in [-0.2, 0) is 20.8 Å². The number of halogens is 3. The molecule has 0 bridgehead atoms. The van der Waals surface area contributed by atoms with Crippen molar-refractivity contribution in [2.45, 2.75) is 43.2 Å². The maximum atomic E-state index is 13.1. The normalized spacial score (nSPS) is 19.3. The van der Waals surface area contributed by atoms with Crippen molar-refractivity contribution in [1.29, 1.82) is 0 Å². The highest BCUT2D eigenvalue weighted by atomic mass is 32.2. The number of hydrogen-bond acceptors (Lipinski definition) is 7. The SMILES string of the molecule is CN1CC[C@@H](CC(=O)CC2CCN(c3ncc(S(C)(=O)=O)cc3NC(=O)c3cccc(C(F)(F)F)c3)CC2)C1. The van der Waals surface area contributed by atoms with Crippen molar-refractivity contribution in [1.82, 2.24) is 9.88 Å². The molecule has 0 unspecified atom stereocenters. The fourth-order valence-electron chi connectivity index (χ4n) is 5.29. The number of piperidine rings is 1. The highest BCUT2D eigenvalue weighted by Crippen LogP contribution is 2.33. The van der Waals surface area contributed by atoms with Crippen molar-refractivity contribution >= 4 is 33.0 Å². The van der Waals surface area contributed by atoms with Gasteiger partial charge < -0.3 is 15.1 Å². The summed E-state index contributed by atoms with van der Waals surface area (Å²) in [5.74, 6) is 0.447. The van der Waals surface area contributed by atoms with E-state index >= 15 is 0 Å². The molecule has 2 saturated heterocycles. The third kappa shape index (κ3) is 7.57. The lowest BCUT2D eigenvalue weighted by Gasteiger charge is -2.33. The molecule has 212 valence electrons. The average molecular weight is 567 g/mol. The summed E-state index contributed by atoms with van der Waals surface area (Å²) in [6, 6.07) is 5.28. The van der Waals surface area contributed by atoms with E-state index in [1.165, 1.54) is 18.3 Å². The number of carbonyl (C=O) groups is 2. The van der Waals surface area contributed by atoms with Gasteiger partial charge in [-0.05, 0) is 69.0 Å². The van der Waals surface area contributed by atoms with Gasteiger partial charge in [0.25, 0.3) is 5.91 Å². The number of hydrogen-bond donors (Lipinski definition) is 1. The summed E-state index contributed by atoms with van der Waals surface area (Å²) >= 11 is 0. The number of sulfone groups is 1. The minimum absolute atomic E-state index is 0.0974. The number of carbonyl (C=O) groups excluding carboxylic acids is 2. The van der Waals surface area contributed by atoms with E-state index in [1.54, 1.807) is 0 Å². The lowest BCUT2D eigenvalue weighted by atomic mass is 9.88. The quantitative estimate of drug-likeness (QED) is 0.509. The Kier molecular flexibility index (Phi) is 8.65. The van der Waals surface area contributed by atoms with E-state index in [2.05, 4.69) is 22.2 Å². The molecule has 2 aromatic rings.